The molecular formula is C14H12BrClFNO. The van der Waals surface area contributed by atoms with Gasteiger partial charge in [-0.25, -0.2) is 4.39 Å². The van der Waals surface area contributed by atoms with Crippen LogP contribution in [-0.2, 0) is 6.54 Å². The summed E-state index contributed by atoms with van der Waals surface area (Å²) in [5.41, 5.74) is 1.40. The fourth-order valence-corrected chi connectivity index (χ4v) is 2.17. The summed E-state index contributed by atoms with van der Waals surface area (Å²) in [6.07, 6.45) is 0. The van der Waals surface area contributed by atoms with Crippen molar-refractivity contribution in [3.63, 3.8) is 0 Å². The minimum atomic E-state index is -0.320. The molecule has 0 saturated heterocycles. The maximum atomic E-state index is 13.6. The molecule has 5 heteroatoms. The largest absolute Gasteiger partial charge is 0.497 e. The predicted molar refractivity (Wildman–Crippen MR) is 79.4 cm³/mol. The number of rotatable bonds is 4. The number of anilines is 1. The van der Waals surface area contributed by atoms with Crippen molar-refractivity contribution in [2.24, 2.45) is 0 Å². The van der Waals surface area contributed by atoms with Crippen LogP contribution in [0.4, 0.5) is 10.1 Å². The highest BCUT2D eigenvalue weighted by molar-refractivity contribution is 9.10. The summed E-state index contributed by atoms with van der Waals surface area (Å²) in [4.78, 5) is 0. The quantitative estimate of drug-likeness (QED) is 0.855. The van der Waals surface area contributed by atoms with Crippen molar-refractivity contribution in [1.29, 1.82) is 0 Å². The highest BCUT2D eigenvalue weighted by Crippen LogP contribution is 2.27. The van der Waals surface area contributed by atoms with Gasteiger partial charge in [0.1, 0.15) is 11.6 Å². The maximum absolute atomic E-state index is 13.6. The summed E-state index contributed by atoms with van der Waals surface area (Å²) in [6, 6.07) is 10.2. The van der Waals surface area contributed by atoms with Crippen LogP contribution in [0, 0.1) is 5.82 Å². The lowest BCUT2D eigenvalue weighted by molar-refractivity contribution is 0.415. The molecule has 0 saturated carbocycles. The Hall–Kier alpha value is -1.26. The molecule has 100 valence electrons. The molecule has 0 atom stereocenters. The summed E-state index contributed by atoms with van der Waals surface area (Å²) in [5.74, 6) is 0.418. The Bertz CT molecular complexity index is 592. The zero-order chi connectivity index (χ0) is 13.8. The van der Waals surface area contributed by atoms with E-state index in [4.69, 9.17) is 16.3 Å². The standard InChI is InChI=1S/C14H12BrClFNO/c1-19-11-4-5-12(15)14(7-11)18-8-9-2-3-10(16)6-13(9)17/h2-7,18H,8H2,1H3. The van der Waals surface area contributed by atoms with Crippen LogP contribution in [-0.4, -0.2) is 7.11 Å². The first-order valence-corrected chi connectivity index (χ1v) is 6.78. The van der Waals surface area contributed by atoms with E-state index in [-0.39, 0.29) is 5.82 Å². The van der Waals surface area contributed by atoms with Gasteiger partial charge in [0.05, 0.1) is 12.8 Å². The average molecular weight is 345 g/mol. The molecule has 0 aliphatic carbocycles. The zero-order valence-electron chi connectivity index (χ0n) is 10.2. The van der Waals surface area contributed by atoms with E-state index in [2.05, 4.69) is 21.2 Å². The SMILES string of the molecule is COc1ccc(Br)c(NCc2ccc(Cl)cc2F)c1. The van der Waals surface area contributed by atoms with Gasteiger partial charge < -0.3 is 10.1 Å². The molecule has 2 aromatic carbocycles. The molecule has 2 rings (SSSR count). The van der Waals surface area contributed by atoms with Crippen LogP contribution in [0.5, 0.6) is 5.75 Å². The predicted octanol–water partition coefficient (Wildman–Crippen LogP) is 4.86. The van der Waals surface area contributed by atoms with E-state index < -0.39 is 0 Å². The smallest absolute Gasteiger partial charge is 0.129 e. The molecule has 2 nitrogen and oxygen atoms in total. The molecule has 0 bridgehead atoms. The van der Waals surface area contributed by atoms with E-state index in [1.54, 1.807) is 19.2 Å². The second-order valence-corrected chi connectivity index (χ2v) is 5.23. The first kappa shape index (κ1) is 14.2. The molecule has 0 aliphatic heterocycles. The van der Waals surface area contributed by atoms with Crippen LogP contribution in [0.25, 0.3) is 0 Å². The second-order valence-electron chi connectivity index (χ2n) is 3.94. The Morgan fingerprint density at radius 2 is 2.05 bits per heavy atom. The average Bonchev–Trinajstić information content (AvgIpc) is 2.39. The highest BCUT2D eigenvalue weighted by Gasteiger charge is 2.05. The first-order chi connectivity index (χ1) is 9.10. The van der Waals surface area contributed by atoms with E-state index in [1.165, 1.54) is 6.07 Å². The highest BCUT2D eigenvalue weighted by atomic mass is 79.9. The van der Waals surface area contributed by atoms with Gasteiger partial charge in [0.15, 0.2) is 0 Å². The molecule has 0 unspecified atom stereocenters. The number of hydrogen-bond acceptors (Lipinski definition) is 2. The number of methoxy groups -OCH3 is 1. The van der Waals surface area contributed by atoms with Crippen molar-refractivity contribution in [2.75, 3.05) is 12.4 Å². The van der Waals surface area contributed by atoms with Gasteiger partial charge in [0.25, 0.3) is 0 Å². The third-order valence-corrected chi connectivity index (χ3v) is 3.58. The Kier molecular flexibility index (Phi) is 4.66. The van der Waals surface area contributed by atoms with Crippen LogP contribution in [0.3, 0.4) is 0 Å². The molecular weight excluding hydrogens is 333 g/mol. The summed E-state index contributed by atoms with van der Waals surface area (Å²) in [7, 11) is 1.60. The summed E-state index contributed by atoms with van der Waals surface area (Å²) in [5, 5.41) is 3.55. The maximum Gasteiger partial charge on any atom is 0.129 e. The van der Waals surface area contributed by atoms with Crippen LogP contribution in [0.1, 0.15) is 5.56 Å². The molecule has 0 fully saturated rings. The molecule has 0 radical (unpaired) electrons. The number of benzene rings is 2. The number of nitrogens with one attached hydrogen (secondary N) is 1. The fourth-order valence-electron chi connectivity index (χ4n) is 1.62. The van der Waals surface area contributed by atoms with Crippen LogP contribution in [0.2, 0.25) is 5.02 Å². The van der Waals surface area contributed by atoms with Crippen molar-refractivity contribution >= 4 is 33.2 Å². The fraction of sp³-hybridized carbons (Fsp3) is 0.143. The number of halogens is 3. The second kappa shape index (κ2) is 6.26. The lowest BCUT2D eigenvalue weighted by atomic mass is 10.2. The molecule has 2 aromatic rings. The van der Waals surface area contributed by atoms with Crippen molar-refractivity contribution in [3.8, 4) is 5.75 Å². The van der Waals surface area contributed by atoms with E-state index in [9.17, 15) is 4.39 Å². The van der Waals surface area contributed by atoms with E-state index in [0.717, 1.165) is 15.9 Å². The molecule has 0 spiro atoms. The Balaban J connectivity index is 2.14. The Morgan fingerprint density at radius 1 is 1.26 bits per heavy atom. The van der Waals surface area contributed by atoms with Gasteiger partial charge in [-0.1, -0.05) is 17.7 Å². The van der Waals surface area contributed by atoms with E-state index >= 15 is 0 Å². The normalized spacial score (nSPS) is 10.3. The van der Waals surface area contributed by atoms with Crippen molar-refractivity contribution in [1.82, 2.24) is 0 Å². The first-order valence-electron chi connectivity index (χ1n) is 5.61. The zero-order valence-corrected chi connectivity index (χ0v) is 12.6. The van der Waals surface area contributed by atoms with E-state index in [1.807, 2.05) is 18.2 Å². The lowest BCUT2D eigenvalue weighted by Gasteiger charge is -2.11. The van der Waals surface area contributed by atoms with Gasteiger partial charge in [-0.3, -0.25) is 0 Å². The summed E-state index contributed by atoms with van der Waals surface area (Å²) >= 11 is 9.14. The molecule has 19 heavy (non-hydrogen) atoms. The van der Waals surface area contributed by atoms with Crippen molar-refractivity contribution in [2.45, 2.75) is 6.54 Å². The molecule has 1 N–H and O–H groups in total. The van der Waals surface area contributed by atoms with Gasteiger partial charge in [0.2, 0.25) is 0 Å². The van der Waals surface area contributed by atoms with Gasteiger partial charge in [-0.15, -0.1) is 0 Å². The number of hydrogen-bond donors (Lipinski definition) is 1. The third kappa shape index (κ3) is 3.61. The van der Waals surface area contributed by atoms with Crippen LogP contribution < -0.4 is 10.1 Å². The Morgan fingerprint density at radius 3 is 2.74 bits per heavy atom. The molecule has 0 aromatic heterocycles. The minimum Gasteiger partial charge on any atom is -0.497 e. The van der Waals surface area contributed by atoms with Gasteiger partial charge in [-0.05, 0) is 40.2 Å². The molecule has 0 aliphatic rings. The Labute approximate surface area is 124 Å². The van der Waals surface area contributed by atoms with E-state index in [0.29, 0.717) is 17.1 Å². The summed E-state index contributed by atoms with van der Waals surface area (Å²) in [6.45, 7) is 0.370. The monoisotopic (exact) mass is 343 g/mol. The number of ether oxygens (including phenoxy) is 1. The van der Waals surface area contributed by atoms with Crippen LogP contribution in [0.15, 0.2) is 40.9 Å². The van der Waals surface area contributed by atoms with Gasteiger partial charge >= 0.3 is 0 Å². The van der Waals surface area contributed by atoms with Crippen LogP contribution >= 0.6 is 27.5 Å². The molecule has 0 heterocycles. The lowest BCUT2D eigenvalue weighted by Crippen LogP contribution is -2.02. The van der Waals surface area contributed by atoms with Crippen molar-refractivity contribution in [3.05, 3.63) is 57.3 Å². The third-order valence-electron chi connectivity index (χ3n) is 2.66. The molecule has 0 amide bonds. The topological polar surface area (TPSA) is 21.3 Å². The van der Waals surface area contributed by atoms with Gasteiger partial charge in [-0.2, -0.15) is 0 Å². The summed E-state index contributed by atoms with van der Waals surface area (Å²) < 4.78 is 19.7. The van der Waals surface area contributed by atoms with Crippen molar-refractivity contribution < 1.29 is 9.13 Å². The minimum absolute atomic E-state index is 0.320. The van der Waals surface area contributed by atoms with Gasteiger partial charge in [0, 0.05) is 27.7 Å².